The quantitative estimate of drug-likeness (QED) is 0.530. The number of carbonyl (C=O) groups is 1. The smallest absolute Gasteiger partial charge is 0.274 e. The summed E-state index contributed by atoms with van der Waals surface area (Å²) in [6.07, 6.45) is 5.06. The lowest BCUT2D eigenvalue weighted by atomic mass is 10.2. The Balaban J connectivity index is 1.40. The average Bonchev–Trinajstić information content (AvgIpc) is 3.25. The molecule has 1 aliphatic heterocycles. The van der Waals surface area contributed by atoms with Gasteiger partial charge in [0.05, 0.1) is 22.4 Å². The Labute approximate surface area is 177 Å². The van der Waals surface area contributed by atoms with E-state index in [0.29, 0.717) is 17.2 Å². The highest BCUT2D eigenvalue weighted by molar-refractivity contribution is 7.22. The maximum Gasteiger partial charge on any atom is 0.274 e. The Hall–Kier alpha value is -3.36. The summed E-state index contributed by atoms with van der Waals surface area (Å²) in [5.41, 5.74) is 1.98. The van der Waals surface area contributed by atoms with E-state index in [1.54, 1.807) is 36.0 Å². The molecule has 4 aromatic rings. The lowest BCUT2D eigenvalue weighted by Crippen LogP contribution is -2.43. The van der Waals surface area contributed by atoms with Crippen molar-refractivity contribution in [1.82, 2.24) is 20.3 Å². The minimum Gasteiger partial charge on any atom is -0.367 e. The maximum atomic E-state index is 12.9. The molecule has 7 nitrogen and oxygen atoms in total. The predicted molar refractivity (Wildman–Crippen MR) is 120 cm³/mol. The number of nitrogens with zero attached hydrogens (tertiary/aromatic N) is 4. The summed E-state index contributed by atoms with van der Waals surface area (Å²) < 4.78 is 1.17. The zero-order valence-corrected chi connectivity index (χ0v) is 17.0. The van der Waals surface area contributed by atoms with Crippen molar-refractivity contribution >= 4 is 38.7 Å². The fourth-order valence-electron chi connectivity index (χ4n) is 3.55. The molecule has 8 heteroatoms. The van der Waals surface area contributed by atoms with Crippen LogP contribution in [-0.4, -0.2) is 47.0 Å². The average molecular weight is 417 g/mol. The second-order valence-electron chi connectivity index (χ2n) is 7.00. The molecule has 0 bridgehead atoms. The zero-order chi connectivity index (χ0) is 20.3. The van der Waals surface area contributed by atoms with Gasteiger partial charge in [0, 0.05) is 43.3 Å². The lowest BCUT2D eigenvalue weighted by Gasteiger charge is -2.30. The Morgan fingerprint density at radius 1 is 1.10 bits per heavy atom. The van der Waals surface area contributed by atoms with Crippen molar-refractivity contribution in [3.8, 4) is 10.7 Å². The van der Waals surface area contributed by atoms with E-state index in [-0.39, 0.29) is 5.91 Å². The molecule has 1 amide bonds. The highest BCUT2D eigenvalue weighted by Crippen LogP contribution is 2.31. The van der Waals surface area contributed by atoms with Crippen molar-refractivity contribution in [2.24, 2.45) is 0 Å². The molecule has 0 unspecified atom stereocenters. The largest absolute Gasteiger partial charge is 0.367 e. The first-order chi connectivity index (χ1) is 14.8. The lowest BCUT2D eigenvalue weighted by molar-refractivity contribution is 0.102. The van der Waals surface area contributed by atoms with Gasteiger partial charge in [-0.2, -0.15) is 0 Å². The minimum atomic E-state index is -0.274. The van der Waals surface area contributed by atoms with Gasteiger partial charge in [-0.15, -0.1) is 11.3 Å². The summed E-state index contributed by atoms with van der Waals surface area (Å²) in [6.45, 7) is 3.60. The van der Waals surface area contributed by atoms with Crippen molar-refractivity contribution < 1.29 is 4.79 Å². The van der Waals surface area contributed by atoms with Crippen molar-refractivity contribution in [2.75, 3.05) is 36.4 Å². The fourth-order valence-corrected chi connectivity index (χ4v) is 4.55. The van der Waals surface area contributed by atoms with Crippen LogP contribution in [0.1, 0.15) is 10.5 Å². The molecular weight excluding hydrogens is 396 g/mol. The summed E-state index contributed by atoms with van der Waals surface area (Å²) in [4.78, 5) is 29.2. The number of hydrogen-bond acceptors (Lipinski definition) is 7. The van der Waals surface area contributed by atoms with Crippen LogP contribution in [0.15, 0.2) is 61.1 Å². The van der Waals surface area contributed by atoms with Crippen LogP contribution in [0, 0.1) is 0 Å². The number of pyridine rings is 1. The van der Waals surface area contributed by atoms with Crippen LogP contribution >= 0.6 is 11.3 Å². The number of amides is 1. The third kappa shape index (κ3) is 3.74. The van der Waals surface area contributed by atoms with E-state index in [1.807, 2.05) is 18.2 Å². The minimum absolute atomic E-state index is 0.274. The van der Waals surface area contributed by atoms with Crippen LogP contribution in [-0.2, 0) is 0 Å². The molecule has 0 aliphatic carbocycles. The Morgan fingerprint density at radius 3 is 2.83 bits per heavy atom. The second-order valence-corrected chi connectivity index (χ2v) is 8.08. The topological polar surface area (TPSA) is 83.0 Å². The summed E-state index contributed by atoms with van der Waals surface area (Å²) >= 11 is 1.62. The first-order valence-electron chi connectivity index (χ1n) is 9.81. The molecule has 1 aromatic carbocycles. The van der Waals surface area contributed by atoms with Gasteiger partial charge in [0.15, 0.2) is 5.82 Å². The molecule has 30 heavy (non-hydrogen) atoms. The van der Waals surface area contributed by atoms with E-state index in [9.17, 15) is 4.79 Å². The van der Waals surface area contributed by atoms with Gasteiger partial charge in [0.2, 0.25) is 0 Å². The van der Waals surface area contributed by atoms with Crippen molar-refractivity contribution in [3.05, 3.63) is 66.7 Å². The summed E-state index contributed by atoms with van der Waals surface area (Å²) in [5.74, 6) is 0.279. The molecule has 0 radical (unpaired) electrons. The van der Waals surface area contributed by atoms with E-state index < -0.39 is 0 Å². The molecule has 4 heterocycles. The maximum absolute atomic E-state index is 12.9. The van der Waals surface area contributed by atoms with Crippen LogP contribution in [0.2, 0.25) is 0 Å². The third-order valence-corrected chi connectivity index (χ3v) is 6.15. The number of hydrogen-bond donors (Lipinski definition) is 2. The molecular formula is C22H20N6OS. The molecule has 5 rings (SSSR count). The number of nitrogens with one attached hydrogen (secondary N) is 2. The number of rotatable bonds is 4. The molecule has 0 spiro atoms. The van der Waals surface area contributed by atoms with Crippen molar-refractivity contribution in [3.63, 3.8) is 0 Å². The predicted octanol–water partition coefficient (Wildman–Crippen LogP) is 3.42. The van der Waals surface area contributed by atoms with Gasteiger partial charge in [0.25, 0.3) is 5.91 Å². The van der Waals surface area contributed by atoms with Crippen molar-refractivity contribution in [2.45, 2.75) is 0 Å². The zero-order valence-electron chi connectivity index (χ0n) is 16.2. The van der Waals surface area contributed by atoms with Crippen LogP contribution < -0.4 is 15.5 Å². The Morgan fingerprint density at radius 2 is 1.97 bits per heavy atom. The van der Waals surface area contributed by atoms with Crippen LogP contribution in [0.25, 0.3) is 20.8 Å². The Kier molecular flexibility index (Phi) is 5.08. The van der Waals surface area contributed by atoms with E-state index in [1.165, 1.54) is 4.70 Å². The van der Waals surface area contributed by atoms with E-state index in [0.717, 1.165) is 42.1 Å². The van der Waals surface area contributed by atoms with Crippen molar-refractivity contribution in [1.29, 1.82) is 0 Å². The summed E-state index contributed by atoms with van der Waals surface area (Å²) in [7, 11) is 0. The molecule has 0 atom stereocenters. The fraction of sp³-hybridized carbons (Fsp3) is 0.182. The normalized spacial score (nSPS) is 14.1. The van der Waals surface area contributed by atoms with Gasteiger partial charge in [-0.25, -0.2) is 9.97 Å². The number of fused-ring (bicyclic) bond motifs is 1. The van der Waals surface area contributed by atoms with Gasteiger partial charge in [0.1, 0.15) is 5.69 Å². The summed E-state index contributed by atoms with van der Waals surface area (Å²) in [5, 5.41) is 7.47. The van der Waals surface area contributed by atoms with Crippen LogP contribution in [0.4, 0.5) is 11.4 Å². The SMILES string of the molecule is O=C(Nc1cnccc1N1CCNCC1)c1ccnc(-c2cc3ccccc3s2)n1. The number of piperazine rings is 1. The number of carbonyl (C=O) groups excluding carboxylic acids is 1. The van der Waals surface area contributed by atoms with Gasteiger partial charge < -0.3 is 15.5 Å². The summed E-state index contributed by atoms with van der Waals surface area (Å²) in [6, 6.07) is 13.8. The molecule has 2 N–H and O–H groups in total. The first-order valence-corrected chi connectivity index (χ1v) is 10.6. The highest BCUT2D eigenvalue weighted by atomic mass is 32.1. The Bertz CT molecular complexity index is 1170. The van der Waals surface area contributed by atoms with Gasteiger partial charge in [-0.3, -0.25) is 9.78 Å². The number of benzene rings is 1. The molecule has 0 saturated carbocycles. The number of aromatic nitrogens is 3. The first kappa shape index (κ1) is 18.7. The van der Waals surface area contributed by atoms with Gasteiger partial charge >= 0.3 is 0 Å². The second kappa shape index (κ2) is 8.17. The van der Waals surface area contributed by atoms with Gasteiger partial charge in [-0.05, 0) is 29.7 Å². The monoisotopic (exact) mass is 416 g/mol. The van der Waals surface area contributed by atoms with E-state index in [4.69, 9.17) is 0 Å². The molecule has 3 aromatic heterocycles. The molecule has 1 aliphatic rings. The van der Waals surface area contributed by atoms with E-state index in [2.05, 4.69) is 48.7 Å². The number of thiophene rings is 1. The van der Waals surface area contributed by atoms with Gasteiger partial charge in [-0.1, -0.05) is 18.2 Å². The molecule has 150 valence electrons. The molecule has 1 saturated heterocycles. The standard InChI is InChI=1S/C22H20N6OS/c29-22(27-17-14-24-7-6-18(17)28-11-9-23-10-12-28)16-5-8-25-21(26-16)20-13-15-3-1-2-4-19(15)30-20/h1-8,13-14,23H,9-12H2,(H,27,29). The van der Waals surface area contributed by atoms with Crippen LogP contribution in [0.3, 0.4) is 0 Å². The number of anilines is 2. The molecule has 1 fully saturated rings. The highest BCUT2D eigenvalue weighted by Gasteiger charge is 2.17. The van der Waals surface area contributed by atoms with Crippen LogP contribution in [0.5, 0.6) is 0 Å². The third-order valence-electron chi connectivity index (χ3n) is 5.04. The van der Waals surface area contributed by atoms with E-state index >= 15 is 0 Å².